The first-order valence-electron chi connectivity index (χ1n) is 9.30. The van der Waals surface area contributed by atoms with Gasteiger partial charge in [-0.25, -0.2) is 0 Å². The molecule has 0 saturated carbocycles. The molecule has 0 spiro atoms. The SMILES string of the molecule is Cc1cccc(CN(C(=O)COc2ccccc2Cl)[C@@H](C)C(=O)NC(C)C)c1. The van der Waals surface area contributed by atoms with Gasteiger partial charge in [0.1, 0.15) is 11.8 Å². The molecule has 2 aromatic rings. The molecule has 0 aliphatic heterocycles. The maximum absolute atomic E-state index is 12.9. The van der Waals surface area contributed by atoms with E-state index in [1.165, 1.54) is 4.90 Å². The number of halogens is 1. The number of benzene rings is 2. The largest absolute Gasteiger partial charge is 0.482 e. The summed E-state index contributed by atoms with van der Waals surface area (Å²) in [7, 11) is 0. The maximum Gasteiger partial charge on any atom is 0.261 e. The minimum atomic E-state index is -0.634. The predicted molar refractivity (Wildman–Crippen MR) is 111 cm³/mol. The van der Waals surface area contributed by atoms with Gasteiger partial charge < -0.3 is 15.0 Å². The van der Waals surface area contributed by atoms with E-state index in [0.29, 0.717) is 17.3 Å². The quantitative estimate of drug-likeness (QED) is 0.726. The molecule has 1 atom stereocenters. The van der Waals surface area contributed by atoms with Crippen LogP contribution in [0.1, 0.15) is 31.9 Å². The number of aryl methyl sites for hydroxylation is 1. The second-order valence-electron chi connectivity index (χ2n) is 7.07. The van der Waals surface area contributed by atoms with Crippen molar-refractivity contribution in [3.63, 3.8) is 0 Å². The van der Waals surface area contributed by atoms with Crippen LogP contribution in [0.2, 0.25) is 5.02 Å². The van der Waals surface area contributed by atoms with E-state index in [4.69, 9.17) is 16.3 Å². The fourth-order valence-corrected chi connectivity index (χ4v) is 2.97. The number of ether oxygens (including phenoxy) is 1. The molecule has 0 saturated heterocycles. The lowest BCUT2D eigenvalue weighted by molar-refractivity contribution is -0.142. The van der Waals surface area contributed by atoms with Crippen molar-refractivity contribution in [2.75, 3.05) is 6.61 Å². The minimum Gasteiger partial charge on any atom is -0.482 e. The summed E-state index contributed by atoms with van der Waals surface area (Å²) in [6.45, 7) is 7.61. The molecule has 0 heterocycles. The zero-order valence-corrected chi connectivity index (χ0v) is 17.5. The van der Waals surface area contributed by atoms with Gasteiger partial charge in [-0.15, -0.1) is 0 Å². The fourth-order valence-electron chi connectivity index (χ4n) is 2.78. The minimum absolute atomic E-state index is 0.00903. The Kier molecular flexibility index (Phi) is 7.88. The lowest BCUT2D eigenvalue weighted by Crippen LogP contribution is -2.50. The van der Waals surface area contributed by atoms with E-state index < -0.39 is 6.04 Å². The number of carbonyl (C=O) groups is 2. The molecule has 5 nitrogen and oxygen atoms in total. The Balaban J connectivity index is 2.17. The Labute approximate surface area is 171 Å². The fraction of sp³-hybridized carbons (Fsp3) is 0.364. The summed E-state index contributed by atoms with van der Waals surface area (Å²) in [5, 5.41) is 3.30. The predicted octanol–water partition coefficient (Wildman–Crippen LogP) is 3.97. The Hall–Kier alpha value is -2.53. The van der Waals surface area contributed by atoms with Crippen molar-refractivity contribution in [2.45, 2.75) is 46.3 Å². The molecular formula is C22H27ClN2O3. The van der Waals surface area contributed by atoms with E-state index in [1.807, 2.05) is 45.0 Å². The number of rotatable bonds is 8. The van der Waals surface area contributed by atoms with Gasteiger partial charge in [-0.1, -0.05) is 53.6 Å². The molecule has 0 aliphatic rings. The van der Waals surface area contributed by atoms with Crippen molar-refractivity contribution >= 4 is 23.4 Å². The number of nitrogens with one attached hydrogen (secondary N) is 1. The number of nitrogens with zero attached hydrogens (tertiary/aromatic N) is 1. The molecule has 0 radical (unpaired) electrons. The summed E-state index contributed by atoms with van der Waals surface area (Å²) in [5.41, 5.74) is 2.05. The van der Waals surface area contributed by atoms with E-state index in [9.17, 15) is 9.59 Å². The molecule has 0 aromatic heterocycles. The Morgan fingerprint density at radius 1 is 1.11 bits per heavy atom. The van der Waals surface area contributed by atoms with Gasteiger partial charge in [-0.2, -0.15) is 0 Å². The molecule has 6 heteroatoms. The van der Waals surface area contributed by atoms with Crippen LogP contribution in [0.25, 0.3) is 0 Å². The van der Waals surface area contributed by atoms with Gasteiger partial charge in [0.25, 0.3) is 5.91 Å². The van der Waals surface area contributed by atoms with Crippen LogP contribution >= 0.6 is 11.6 Å². The van der Waals surface area contributed by atoms with Crippen molar-refractivity contribution in [3.05, 3.63) is 64.7 Å². The molecule has 28 heavy (non-hydrogen) atoms. The van der Waals surface area contributed by atoms with Gasteiger partial charge in [0.05, 0.1) is 5.02 Å². The summed E-state index contributed by atoms with van der Waals surface area (Å²) < 4.78 is 5.60. The van der Waals surface area contributed by atoms with Crippen LogP contribution in [0.15, 0.2) is 48.5 Å². The Bertz CT molecular complexity index is 823. The lowest BCUT2D eigenvalue weighted by Gasteiger charge is -2.29. The number of carbonyl (C=O) groups excluding carboxylic acids is 2. The van der Waals surface area contributed by atoms with Crippen molar-refractivity contribution < 1.29 is 14.3 Å². The van der Waals surface area contributed by atoms with Gasteiger partial charge in [0, 0.05) is 12.6 Å². The number of hydrogen-bond donors (Lipinski definition) is 1. The number of amides is 2. The maximum atomic E-state index is 12.9. The third-order valence-electron chi connectivity index (χ3n) is 4.22. The molecule has 2 aromatic carbocycles. The zero-order valence-electron chi connectivity index (χ0n) is 16.7. The highest BCUT2D eigenvalue weighted by atomic mass is 35.5. The first-order valence-corrected chi connectivity index (χ1v) is 9.68. The van der Waals surface area contributed by atoms with E-state index in [2.05, 4.69) is 5.32 Å². The topological polar surface area (TPSA) is 58.6 Å². The van der Waals surface area contributed by atoms with Gasteiger partial charge in [0.15, 0.2) is 6.61 Å². The van der Waals surface area contributed by atoms with Crippen LogP contribution in [0.3, 0.4) is 0 Å². The number of hydrogen-bond acceptors (Lipinski definition) is 3. The average Bonchev–Trinajstić information content (AvgIpc) is 2.64. The highest BCUT2D eigenvalue weighted by molar-refractivity contribution is 6.32. The molecule has 2 amide bonds. The van der Waals surface area contributed by atoms with Crippen molar-refractivity contribution in [1.82, 2.24) is 10.2 Å². The van der Waals surface area contributed by atoms with Crippen LogP contribution in [-0.4, -0.2) is 35.4 Å². The second-order valence-corrected chi connectivity index (χ2v) is 7.48. The summed E-state index contributed by atoms with van der Waals surface area (Å²) in [4.78, 5) is 27.0. The van der Waals surface area contributed by atoms with Gasteiger partial charge >= 0.3 is 0 Å². The second kappa shape index (κ2) is 10.1. The van der Waals surface area contributed by atoms with Crippen molar-refractivity contribution in [3.8, 4) is 5.75 Å². The monoisotopic (exact) mass is 402 g/mol. The van der Waals surface area contributed by atoms with Gasteiger partial charge in [-0.05, 0) is 45.4 Å². The third-order valence-corrected chi connectivity index (χ3v) is 4.53. The highest BCUT2D eigenvalue weighted by Crippen LogP contribution is 2.23. The molecule has 0 bridgehead atoms. The van der Waals surface area contributed by atoms with Crippen LogP contribution in [-0.2, 0) is 16.1 Å². The van der Waals surface area contributed by atoms with E-state index >= 15 is 0 Å². The van der Waals surface area contributed by atoms with Crippen LogP contribution in [0, 0.1) is 6.92 Å². The molecular weight excluding hydrogens is 376 g/mol. The molecule has 0 aliphatic carbocycles. The van der Waals surface area contributed by atoms with Crippen molar-refractivity contribution in [2.24, 2.45) is 0 Å². The Morgan fingerprint density at radius 3 is 2.46 bits per heavy atom. The lowest BCUT2D eigenvalue weighted by atomic mass is 10.1. The molecule has 0 unspecified atom stereocenters. The van der Waals surface area contributed by atoms with E-state index in [1.54, 1.807) is 31.2 Å². The van der Waals surface area contributed by atoms with Crippen molar-refractivity contribution in [1.29, 1.82) is 0 Å². The average molecular weight is 403 g/mol. The van der Waals surface area contributed by atoms with E-state index in [-0.39, 0.29) is 24.5 Å². The van der Waals surface area contributed by atoms with Gasteiger partial charge in [0.2, 0.25) is 5.91 Å². The van der Waals surface area contributed by atoms with Crippen LogP contribution in [0.5, 0.6) is 5.75 Å². The molecule has 150 valence electrons. The first kappa shape index (κ1) is 21.8. The van der Waals surface area contributed by atoms with Crippen LogP contribution in [0.4, 0.5) is 0 Å². The smallest absolute Gasteiger partial charge is 0.261 e. The zero-order chi connectivity index (χ0) is 20.7. The van der Waals surface area contributed by atoms with Gasteiger partial charge in [-0.3, -0.25) is 9.59 Å². The Morgan fingerprint density at radius 2 is 1.82 bits per heavy atom. The standard InChI is InChI=1S/C22H27ClN2O3/c1-15(2)24-22(27)17(4)25(13-18-9-7-8-16(3)12-18)21(26)14-28-20-11-6-5-10-19(20)23/h5-12,15,17H,13-14H2,1-4H3,(H,24,27)/t17-/m0/s1. The summed E-state index contributed by atoms with van der Waals surface area (Å²) in [5.74, 6) is -0.0473. The van der Waals surface area contributed by atoms with Crippen LogP contribution < -0.4 is 10.1 Å². The highest BCUT2D eigenvalue weighted by Gasteiger charge is 2.27. The molecule has 1 N–H and O–H groups in total. The number of para-hydroxylation sites is 1. The normalized spacial score (nSPS) is 11.8. The third kappa shape index (κ3) is 6.27. The molecule has 0 fully saturated rings. The summed E-state index contributed by atoms with van der Waals surface area (Å²) >= 11 is 6.09. The summed E-state index contributed by atoms with van der Waals surface area (Å²) in [6, 6.07) is 14.2. The molecule has 2 rings (SSSR count). The first-order chi connectivity index (χ1) is 13.3. The summed E-state index contributed by atoms with van der Waals surface area (Å²) in [6.07, 6.45) is 0. The van der Waals surface area contributed by atoms with E-state index in [0.717, 1.165) is 11.1 Å².